The van der Waals surface area contributed by atoms with Crippen molar-refractivity contribution >= 4 is 29.4 Å². The number of carbonyl (C=O) groups is 2. The van der Waals surface area contributed by atoms with E-state index >= 15 is 0 Å². The number of thioether (sulfide) groups is 1. The van der Waals surface area contributed by atoms with Crippen molar-refractivity contribution in [3.8, 4) is 11.8 Å². The molecule has 2 aromatic carbocycles. The fourth-order valence-electron chi connectivity index (χ4n) is 4.05. The maximum absolute atomic E-state index is 13.8. The second kappa shape index (κ2) is 7.92. The van der Waals surface area contributed by atoms with E-state index in [1.165, 1.54) is 11.8 Å². The molecule has 0 aromatic heterocycles. The number of methoxy groups -OCH3 is 1. The first kappa shape index (κ1) is 20.1. The van der Waals surface area contributed by atoms with Gasteiger partial charge in [0.05, 0.1) is 31.0 Å². The first-order chi connectivity index (χ1) is 14.5. The highest BCUT2D eigenvalue weighted by Gasteiger charge is 2.59. The molecule has 154 valence electrons. The highest BCUT2D eigenvalue weighted by Crippen LogP contribution is 2.55. The zero-order valence-electron chi connectivity index (χ0n) is 16.8. The van der Waals surface area contributed by atoms with Crippen molar-refractivity contribution in [3.05, 3.63) is 59.2 Å². The molecule has 3 amide bonds. The molecule has 0 saturated carbocycles. The van der Waals surface area contributed by atoms with Crippen LogP contribution < -0.4 is 15.0 Å². The van der Waals surface area contributed by atoms with Crippen molar-refractivity contribution in [2.45, 2.75) is 18.3 Å². The third kappa shape index (κ3) is 3.06. The molecule has 2 aliphatic heterocycles. The van der Waals surface area contributed by atoms with Gasteiger partial charge in [-0.25, -0.2) is 4.79 Å². The Bertz CT molecular complexity index is 1050. The molecule has 0 aliphatic carbocycles. The summed E-state index contributed by atoms with van der Waals surface area (Å²) in [7, 11) is 1.58. The number of carbonyl (C=O) groups excluding carboxylic acids is 2. The van der Waals surface area contributed by atoms with E-state index in [-0.39, 0.29) is 11.9 Å². The molecule has 1 N–H and O–H groups in total. The lowest BCUT2D eigenvalue weighted by molar-refractivity contribution is -0.123. The fourth-order valence-corrected chi connectivity index (χ4v) is 5.50. The Kier molecular flexibility index (Phi) is 5.31. The normalized spacial score (nSPS) is 19.7. The maximum atomic E-state index is 13.8. The molecule has 1 spiro atoms. The van der Waals surface area contributed by atoms with E-state index in [0.717, 1.165) is 16.8 Å². The monoisotopic (exact) mass is 422 g/mol. The number of fused-ring (bicyclic) bond motifs is 2. The Morgan fingerprint density at radius 2 is 2.17 bits per heavy atom. The number of hydrogen-bond acceptors (Lipinski definition) is 5. The SMILES string of the molecule is CCNC(=O)N1CCS[C@@]12C(=O)N(Cc1cccc(C#N)c1)c1ccc(OC)cc12. The van der Waals surface area contributed by atoms with Crippen LogP contribution >= 0.6 is 11.8 Å². The Labute approximate surface area is 179 Å². The lowest BCUT2D eigenvalue weighted by Gasteiger charge is -2.33. The van der Waals surface area contributed by atoms with Crippen molar-refractivity contribution in [1.29, 1.82) is 5.26 Å². The molecule has 0 unspecified atom stereocenters. The van der Waals surface area contributed by atoms with Gasteiger partial charge in [0.2, 0.25) is 0 Å². The fraction of sp³-hybridized carbons (Fsp3) is 0.318. The van der Waals surface area contributed by atoms with Crippen LogP contribution in [-0.2, 0) is 16.2 Å². The number of amides is 3. The van der Waals surface area contributed by atoms with Crippen LogP contribution in [-0.4, -0.2) is 42.8 Å². The number of benzene rings is 2. The van der Waals surface area contributed by atoms with Gasteiger partial charge in [-0.2, -0.15) is 5.26 Å². The molecule has 1 saturated heterocycles. The number of anilines is 1. The van der Waals surface area contributed by atoms with Gasteiger partial charge >= 0.3 is 6.03 Å². The molecule has 1 atom stereocenters. The smallest absolute Gasteiger partial charge is 0.319 e. The first-order valence-electron chi connectivity index (χ1n) is 9.74. The van der Waals surface area contributed by atoms with Gasteiger partial charge in [-0.15, -0.1) is 11.8 Å². The van der Waals surface area contributed by atoms with E-state index in [4.69, 9.17) is 4.74 Å². The summed E-state index contributed by atoms with van der Waals surface area (Å²) in [5.41, 5.74) is 2.92. The lowest BCUT2D eigenvalue weighted by Crippen LogP contribution is -2.53. The number of hydrogen-bond donors (Lipinski definition) is 1. The summed E-state index contributed by atoms with van der Waals surface area (Å²) in [6.07, 6.45) is 0. The summed E-state index contributed by atoms with van der Waals surface area (Å²) >= 11 is 1.47. The highest BCUT2D eigenvalue weighted by atomic mass is 32.2. The first-order valence-corrected chi connectivity index (χ1v) is 10.7. The standard InChI is InChI=1S/C22H22N4O3S/c1-3-24-21(28)26-9-10-30-22(26)18-12-17(29-2)7-8-19(18)25(20(22)27)14-16-6-4-5-15(11-16)13-23/h4-8,11-12H,3,9-10,14H2,1-2H3,(H,24,28)/t22-/m0/s1. The van der Waals surface area contributed by atoms with Crippen molar-refractivity contribution in [2.75, 3.05) is 30.9 Å². The Balaban J connectivity index is 1.81. The van der Waals surface area contributed by atoms with Gasteiger partial charge in [0.25, 0.3) is 5.91 Å². The molecule has 4 rings (SSSR count). The molecule has 2 heterocycles. The van der Waals surface area contributed by atoms with Gasteiger partial charge in [-0.1, -0.05) is 12.1 Å². The van der Waals surface area contributed by atoms with E-state index in [1.54, 1.807) is 29.0 Å². The van der Waals surface area contributed by atoms with E-state index < -0.39 is 4.87 Å². The minimum Gasteiger partial charge on any atom is -0.497 e. The predicted molar refractivity (Wildman–Crippen MR) is 115 cm³/mol. The number of urea groups is 1. The molecule has 0 radical (unpaired) electrons. The lowest BCUT2D eigenvalue weighted by atomic mass is 10.1. The molecule has 8 heteroatoms. The van der Waals surface area contributed by atoms with Gasteiger partial charge in [0.1, 0.15) is 5.75 Å². The van der Waals surface area contributed by atoms with E-state index in [2.05, 4.69) is 11.4 Å². The highest BCUT2D eigenvalue weighted by molar-refractivity contribution is 8.01. The number of nitriles is 1. The average molecular weight is 423 g/mol. The second-order valence-electron chi connectivity index (χ2n) is 7.07. The number of nitrogens with zero attached hydrogens (tertiary/aromatic N) is 3. The Morgan fingerprint density at radius 3 is 2.90 bits per heavy atom. The van der Waals surface area contributed by atoms with Crippen LogP contribution in [0.15, 0.2) is 42.5 Å². The van der Waals surface area contributed by atoms with Gasteiger partial charge in [-0.05, 0) is 42.8 Å². The largest absolute Gasteiger partial charge is 0.497 e. The third-order valence-electron chi connectivity index (χ3n) is 5.37. The summed E-state index contributed by atoms with van der Waals surface area (Å²) in [5, 5.41) is 12.0. The Hall–Kier alpha value is -3.18. The van der Waals surface area contributed by atoms with Crippen LogP contribution in [0.25, 0.3) is 0 Å². The third-order valence-corrected chi connectivity index (χ3v) is 6.79. The van der Waals surface area contributed by atoms with Gasteiger partial charge < -0.3 is 15.0 Å². The molecule has 1 fully saturated rings. The van der Waals surface area contributed by atoms with Crippen LogP contribution in [0.4, 0.5) is 10.5 Å². The van der Waals surface area contributed by atoms with E-state index in [1.807, 2.05) is 37.3 Å². The van der Waals surface area contributed by atoms with Crippen LogP contribution in [0, 0.1) is 11.3 Å². The quantitative estimate of drug-likeness (QED) is 0.819. The average Bonchev–Trinajstić information content (AvgIpc) is 3.31. The zero-order valence-corrected chi connectivity index (χ0v) is 17.7. The minimum atomic E-state index is -1.12. The summed E-state index contributed by atoms with van der Waals surface area (Å²) in [5.74, 6) is 1.15. The maximum Gasteiger partial charge on any atom is 0.319 e. The van der Waals surface area contributed by atoms with Crippen LogP contribution in [0.2, 0.25) is 0 Å². The summed E-state index contributed by atoms with van der Waals surface area (Å²) in [6.45, 7) is 3.14. The second-order valence-corrected chi connectivity index (χ2v) is 8.35. The zero-order chi connectivity index (χ0) is 21.3. The summed E-state index contributed by atoms with van der Waals surface area (Å²) in [6, 6.07) is 14.6. The molecule has 30 heavy (non-hydrogen) atoms. The summed E-state index contributed by atoms with van der Waals surface area (Å²) < 4.78 is 5.41. The minimum absolute atomic E-state index is 0.151. The predicted octanol–water partition coefficient (Wildman–Crippen LogP) is 3.04. The molecular weight excluding hydrogens is 400 g/mol. The van der Waals surface area contributed by atoms with Gasteiger partial charge in [-0.3, -0.25) is 9.69 Å². The van der Waals surface area contributed by atoms with Crippen molar-refractivity contribution in [2.24, 2.45) is 0 Å². The van der Waals surface area contributed by atoms with E-state index in [9.17, 15) is 14.9 Å². The van der Waals surface area contributed by atoms with Crippen molar-refractivity contribution in [3.63, 3.8) is 0 Å². The van der Waals surface area contributed by atoms with Crippen LogP contribution in [0.1, 0.15) is 23.6 Å². The topological polar surface area (TPSA) is 85.7 Å². The number of nitrogens with one attached hydrogen (secondary N) is 1. The van der Waals surface area contributed by atoms with Crippen LogP contribution in [0.5, 0.6) is 5.75 Å². The van der Waals surface area contributed by atoms with Gasteiger partial charge in [0, 0.05) is 24.4 Å². The van der Waals surface area contributed by atoms with E-state index in [0.29, 0.717) is 36.7 Å². The molecular formula is C22H22N4O3S. The van der Waals surface area contributed by atoms with Crippen molar-refractivity contribution < 1.29 is 14.3 Å². The van der Waals surface area contributed by atoms with Gasteiger partial charge in [0.15, 0.2) is 4.87 Å². The molecule has 0 bridgehead atoms. The summed E-state index contributed by atoms with van der Waals surface area (Å²) in [4.78, 5) is 28.9. The Morgan fingerprint density at radius 1 is 1.33 bits per heavy atom. The molecule has 2 aromatic rings. The number of ether oxygens (including phenoxy) is 1. The number of rotatable bonds is 4. The molecule has 7 nitrogen and oxygen atoms in total. The molecule has 2 aliphatic rings. The van der Waals surface area contributed by atoms with Crippen LogP contribution in [0.3, 0.4) is 0 Å². The van der Waals surface area contributed by atoms with Crippen molar-refractivity contribution in [1.82, 2.24) is 10.2 Å².